The Labute approximate surface area is 236 Å². The number of nitrogens with two attached hydrogens (primary N) is 1. The van der Waals surface area contributed by atoms with Crippen LogP contribution in [0.3, 0.4) is 0 Å². The SMILES string of the molecule is Cc1cc(COc2ccc(F)cc2)c(C)c(C2C(C#N)=C(N)N(c3cccc(Cl)c3Cl)C3=C2C(=O)CCC3)c1. The molecule has 1 heterocycles. The maximum atomic E-state index is 13.6. The van der Waals surface area contributed by atoms with Crippen molar-refractivity contribution in [2.24, 2.45) is 5.73 Å². The maximum Gasteiger partial charge on any atom is 0.161 e. The van der Waals surface area contributed by atoms with Gasteiger partial charge in [-0.2, -0.15) is 5.26 Å². The molecule has 0 fully saturated rings. The van der Waals surface area contributed by atoms with Gasteiger partial charge in [-0.05, 0) is 79.8 Å². The minimum absolute atomic E-state index is 0.0188. The molecular formula is C31H26Cl2FN3O2. The van der Waals surface area contributed by atoms with E-state index < -0.39 is 5.92 Å². The Bertz CT molecular complexity index is 1590. The zero-order valence-electron chi connectivity index (χ0n) is 21.5. The number of nitriles is 1. The second-order valence-electron chi connectivity index (χ2n) is 9.77. The molecule has 8 heteroatoms. The zero-order valence-corrected chi connectivity index (χ0v) is 23.0. The predicted octanol–water partition coefficient (Wildman–Crippen LogP) is 7.63. The highest BCUT2D eigenvalue weighted by Crippen LogP contribution is 2.49. The number of ketones is 1. The van der Waals surface area contributed by atoms with Gasteiger partial charge in [-0.3, -0.25) is 9.69 Å². The highest BCUT2D eigenvalue weighted by Gasteiger charge is 2.41. The van der Waals surface area contributed by atoms with Crippen LogP contribution in [0, 0.1) is 31.0 Å². The summed E-state index contributed by atoms with van der Waals surface area (Å²) >= 11 is 12.9. The largest absolute Gasteiger partial charge is 0.489 e. The number of halogens is 3. The highest BCUT2D eigenvalue weighted by atomic mass is 35.5. The lowest BCUT2D eigenvalue weighted by Crippen LogP contribution is -2.39. The number of hydrogen-bond donors (Lipinski definition) is 1. The molecule has 5 rings (SSSR count). The first-order valence-electron chi connectivity index (χ1n) is 12.6. The summed E-state index contributed by atoms with van der Waals surface area (Å²) < 4.78 is 19.3. The fourth-order valence-electron chi connectivity index (χ4n) is 5.44. The van der Waals surface area contributed by atoms with Gasteiger partial charge in [0.05, 0.1) is 33.3 Å². The summed E-state index contributed by atoms with van der Waals surface area (Å²) in [5, 5.41) is 11.1. The number of carbonyl (C=O) groups is 1. The van der Waals surface area contributed by atoms with E-state index in [0.29, 0.717) is 46.3 Å². The summed E-state index contributed by atoms with van der Waals surface area (Å²) in [6.45, 7) is 4.16. The molecule has 0 aromatic heterocycles. The standard InChI is InChI=1S/C31H26Cl2FN3O2/c1-17-13-19(16-39-21-11-9-20(34)10-12-21)18(2)22(14-17)28-23(15-35)31(36)37(25-6-4-8-27(38)29(25)28)26-7-3-5-24(32)30(26)33/h3,5,7,9-14,28H,4,6,8,16,36H2,1-2H3. The topological polar surface area (TPSA) is 79.3 Å². The molecule has 2 N–H and O–H groups in total. The highest BCUT2D eigenvalue weighted by molar-refractivity contribution is 6.43. The number of aryl methyl sites for hydroxylation is 1. The van der Waals surface area contributed by atoms with E-state index in [4.69, 9.17) is 33.7 Å². The van der Waals surface area contributed by atoms with Gasteiger partial charge >= 0.3 is 0 Å². The second-order valence-corrected chi connectivity index (χ2v) is 10.6. The van der Waals surface area contributed by atoms with Crippen LogP contribution in [-0.2, 0) is 11.4 Å². The van der Waals surface area contributed by atoms with Gasteiger partial charge in [0, 0.05) is 17.7 Å². The Morgan fingerprint density at radius 2 is 1.87 bits per heavy atom. The molecule has 0 saturated heterocycles. The second kappa shape index (κ2) is 10.8. The molecule has 5 nitrogen and oxygen atoms in total. The van der Waals surface area contributed by atoms with Crippen LogP contribution >= 0.6 is 23.2 Å². The molecule has 0 amide bonds. The molecule has 1 aliphatic carbocycles. The van der Waals surface area contributed by atoms with Gasteiger partial charge in [0.2, 0.25) is 0 Å². The Balaban J connectivity index is 1.65. The van der Waals surface area contributed by atoms with E-state index in [1.165, 1.54) is 12.1 Å². The van der Waals surface area contributed by atoms with Gasteiger partial charge in [0.25, 0.3) is 0 Å². The van der Waals surface area contributed by atoms with Gasteiger partial charge in [-0.25, -0.2) is 4.39 Å². The van der Waals surface area contributed by atoms with Crippen LogP contribution in [-0.4, -0.2) is 5.78 Å². The minimum Gasteiger partial charge on any atom is -0.489 e. The molecule has 1 atom stereocenters. The van der Waals surface area contributed by atoms with Crippen molar-refractivity contribution in [3.05, 3.63) is 115 Å². The van der Waals surface area contributed by atoms with Gasteiger partial charge < -0.3 is 10.5 Å². The molecule has 0 saturated carbocycles. The Morgan fingerprint density at radius 3 is 2.59 bits per heavy atom. The van der Waals surface area contributed by atoms with Gasteiger partial charge in [0.1, 0.15) is 24.0 Å². The monoisotopic (exact) mass is 561 g/mol. The van der Waals surface area contributed by atoms with Gasteiger partial charge in [-0.1, -0.05) is 47.0 Å². The summed E-state index contributed by atoms with van der Waals surface area (Å²) in [6.07, 6.45) is 1.65. The summed E-state index contributed by atoms with van der Waals surface area (Å²) in [4.78, 5) is 15.3. The number of ether oxygens (including phenoxy) is 1. The molecule has 2 aliphatic rings. The van der Waals surface area contributed by atoms with Crippen LogP contribution in [0.2, 0.25) is 10.0 Å². The normalized spacial score (nSPS) is 17.3. The van der Waals surface area contributed by atoms with Crippen LogP contribution in [0.1, 0.15) is 47.4 Å². The molecule has 0 radical (unpaired) electrons. The van der Waals surface area contributed by atoms with E-state index in [2.05, 4.69) is 6.07 Å². The Morgan fingerprint density at radius 1 is 1.13 bits per heavy atom. The van der Waals surface area contributed by atoms with Crippen molar-refractivity contribution in [3.8, 4) is 11.8 Å². The number of nitrogens with zero attached hydrogens (tertiary/aromatic N) is 2. The lowest BCUT2D eigenvalue weighted by Gasteiger charge is -2.40. The van der Waals surface area contributed by atoms with Crippen LogP contribution in [0.5, 0.6) is 5.75 Å². The van der Waals surface area contributed by atoms with Crippen LogP contribution in [0.4, 0.5) is 10.1 Å². The van der Waals surface area contributed by atoms with Gasteiger partial charge in [-0.15, -0.1) is 0 Å². The van der Waals surface area contributed by atoms with E-state index in [1.54, 1.807) is 35.2 Å². The number of allylic oxidation sites excluding steroid dienone is 3. The zero-order chi connectivity index (χ0) is 27.8. The van der Waals surface area contributed by atoms with E-state index in [9.17, 15) is 14.4 Å². The van der Waals surface area contributed by atoms with Crippen molar-refractivity contribution >= 4 is 34.7 Å². The lowest BCUT2D eigenvalue weighted by molar-refractivity contribution is -0.116. The van der Waals surface area contributed by atoms with Crippen molar-refractivity contribution in [1.82, 2.24) is 0 Å². The smallest absolute Gasteiger partial charge is 0.161 e. The average molecular weight is 562 g/mol. The molecule has 0 bridgehead atoms. The third kappa shape index (κ3) is 4.89. The average Bonchev–Trinajstić information content (AvgIpc) is 2.91. The van der Waals surface area contributed by atoms with Crippen LogP contribution in [0.25, 0.3) is 0 Å². The first-order chi connectivity index (χ1) is 18.7. The third-order valence-corrected chi connectivity index (χ3v) is 8.11. The first kappa shape index (κ1) is 26.8. The van der Waals surface area contributed by atoms with Gasteiger partial charge in [0.15, 0.2) is 5.78 Å². The molecule has 198 valence electrons. The van der Waals surface area contributed by atoms with Crippen molar-refractivity contribution in [1.29, 1.82) is 5.26 Å². The third-order valence-electron chi connectivity index (χ3n) is 7.30. The number of rotatable bonds is 5. The summed E-state index contributed by atoms with van der Waals surface area (Å²) in [7, 11) is 0. The first-order valence-corrected chi connectivity index (χ1v) is 13.3. The predicted molar refractivity (Wildman–Crippen MR) is 151 cm³/mol. The molecule has 1 unspecified atom stereocenters. The summed E-state index contributed by atoms with van der Waals surface area (Å²) in [5.41, 5.74) is 12.4. The van der Waals surface area contributed by atoms with E-state index >= 15 is 0 Å². The molecule has 3 aromatic rings. The van der Waals surface area contributed by atoms with E-state index in [-0.39, 0.29) is 29.6 Å². The van der Waals surface area contributed by atoms with Crippen LogP contribution in [0.15, 0.2) is 77.3 Å². The van der Waals surface area contributed by atoms with Crippen molar-refractivity contribution in [3.63, 3.8) is 0 Å². The summed E-state index contributed by atoms with van der Waals surface area (Å²) in [6, 6.07) is 17.4. The number of anilines is 1. The molecule has 1 aliphatic heterocycles. The van der Waals surface area contributed by atoms with Crippen molar-refractivity contribution in [2.45, 2.75) is 45.6 Å². The molecule has 0 spiro atoms. The maximum absolute atomic E-state index is 13.6. The molecule has 3 aromatic carbocycles. The number of benzene rings is 3. The fraction of sp³-hybridized carbons (Fsp3) is 0.226. The summed E-state index contributed by atoms with van der Waals surface area (Å²) in [5.74, 6) is -0.215. The van der Waals surface area contributed by atoms with Crippen LogP contribution < -0.4 is 15.4 Å². The molecule has 39 heavy (non-hydrogen) atoms. The van der Waals surface area contributed by atoms with Crippen molar-refractivity contribution in [2.75, 3.05) is 4.90 Å². The minimum atomic E-state index is -0.628. The number of hydrogen-bond acceptors (Lipinski definition) is 5. The Kier molecular flexibility index (Phi) is 7.40. The fourth-order valence-corrected chi connectivity index (χ4v) is 5.82. The lowest BCUT2D eigenvalue weighted by atomic mass is 9.73. The Hall–Kier alpha value is -3.79. The van der Waals surface area contributed by atoms with E-state index in [0.717, 1.165) is 28.0 Å². The van der Waals surface area contributed by atoms with Crippen molar-refractivity contribution < 1.29 is 13.9 Å². The number of Topliss-reactive ketones (excluding diaryl/α,β-unsaturated/α-hetero) is 1. The van der Waals surface area contributed by atoms with E-state index in [1.807, 2.05) is 26.0 Å². The number of carbonyl (C=O) groups excluding carboxylic acids is 1. The molecular weight excluding hydrogens is 536 g/mol. The quantitative estimate of drug-likeness (QED) is 0.346.